The Hall–Kier alpha value is -2.00. The minimum absolute atomic E-state index is 0.0683. The van der Waals surface area contributed by atoms with Crippen molar-refractivity contribution >= 4 is 11.9 Å². The molecule has 1 spiro atoms. The second-order valence-corrected chi connectivity index (χ2v) is 10.6. The molecule has 0 aliphatic carbocycles. The summed E-state index contributed by atoms with van der Waals surface area (Å²) in [6.07, 6.45) is 2.11. The van der Waals surface area contributed by atoms with Crippen LogP contribution < -0.4 is 0 Å². The molecule has 1 N–H and O–H groups in total. The van der Waals surface area contributed by atoms with E-state index < -0.39 is 23.8 Å². The van der Waals surface area contributed by atoms with Crippen LogP contribution in [0.15, 0.2) is 30.3 Å². The maximum Gasteiger partial charge on any atom is 0.309 e. The molecule has 3 bridgehead atoms. The van der Waals surface area contributed by atoms with Gasteiger partial charge in [-0.05, 0) is 31.2 Å². The number of aliphatic hydroxyl groups is 1. The number of rotatable bonds is 7. The molecule has 8 nitrogen and oxygen atoms in total. The number of ether oxygens (including phenoxy) is 5. The van der Waals surface area contributed by atoms with Crippen molar-refractivity contribution in [1.29, 1.82) is 0 Å². The van der Waals surface area contributed by atoms with E-state index in [4.69, 9.17) is 23.7 Å². The van der Waals surface area contributed by atoms with Crippen molar-refractivity contribution in [3.8, 4) is 0 Å². The third-order valence-corrected chi connectivity index (χ3v) is 7.34. The molecular formula is C27H38O8. The number of carbonyl (C=O) groups is 2. The van der Waals surface area contributed by atoms with Gasteiger partial charge in [0.1, 0.15) is 12.2 Å². The first kappa shape index (κ1) is 26.1. The van der Waals surface area contributed by atoms with E-state index in [-0.39, 0.29) is 49.8 Å². The maximum absolute atomic E-state index is 12.9. The van der Waals surface area contributed by atoms with Gasteiger partial charge in [-0.3, -0.25) is 9.59 Å². The standard InChI is InChI=1S/C27H38O8/c1-26(2)11-10-21-14-24(29)33-23(18-31-17-19-7-4-3-5-8-19)15-25(30)32-22-13-20(9-6-12-28)34-27(26,16-22)35-21/h3-5,7-8,20-23,28H,6,9-18H2,1-2H3/t20-,21-,22-,23-,27+/m1/s1. The Morgan fingerprint density at radius 1 is 1.00 bits per heavy atom. The largest absolute Gasteiger partial charge is 0.462 e. The Morgan fingerprint density at radius 3 is 2.54 bits per heavy atom. The zero-order chi connectivity index (χ0) is 24.9. The third-order valence-electron chi connectivity index (χ3n) is 7.34. The molecule has 0 aromatic heterocycles. The van der Waals surface area contributed by atoms with Gasteiger partial charge in [0.25, 0.3) is 0 Å². The predicted molar refractivity (Wildman–Crippen MR) is 126 cm³/mol. The molecule has 0 amide bonds. The van der Waals surface area contributed by atoms with Crippen LogP contribution in [0.4, 0.5) is 0 Å². The number of fused-ring (bicyclic) bond motifs is 2. The molecule has 8 heteroatoms. The van der Waals surface area contributed by atoms with E-state index in [0.29, 0.717) is 38.7 Å². The lowest BCUT2D eigenvalue weighted by atomic mass is 9.71. The zero-order valence-electron chi connectivity index (χ0n) is 20.8. The molecule has 3 aliphatic rings. The average Bonchev–Trinajstić information content (AvgIpc) is 2.80. The van der Waals surface area contributed by atoms with E-state index >= 15 is 0 Å². The lowest BCUT2D eigenvalue weighted by Gasteiger charge is -2.56. The summed E-state index contributed by atoms with van der Waals surface area (Å²) in [5.74, 6) is -1.81. The predicted octanol–water partition coefficient (Wildman–Crippen LogP) is 3.67. The Bertz CT molecular complexity index is 852. The second-order valence-electron chi connectivity index (χ2n) is 10.6. The van der Waals surface area contributed by atoms with Crippen LogP contribution in [0.1, 0.15) is 70.8 Å². The van der Waals surface area contributed by atoms with Gasteiger partial charge in [0, 0.05) is 24.9 Å². The molecule has 0 unspecified atom stereocenters. The van der Waals surface area contributed by atoms with Gasteiger partial charge in [-0.2, -0.15) is 0 Å². The highest BCUT2D eigenvalue weighted by Gasteiger charge is 2.57. The molecule has 0 saturated carbocycles. The molecule has 1 aromatic carbocycles. The van der Waals surface area contributed by atoms with Gasteiger partial charge in [-0.25, -0.2) is 0 Å². The molecule has 35 heavy (non-hydrogen) atoms. The normalized spacial score (nSPS) is 33.1. The molecule has 3 saturated heterocycles. The van der Waals surface area contributed by atoms with Gasteiger partial charge in [0.15, 0.2) is 5.79 Å². The summed E-state index contributed by atoms with van der Waals surface area (Å²) in [7, 11) is 0. The number of benzene rings is 1. The smallest absolute Gasteiger partial charge is 0.309 e. The van der Waals surface area contributed by atoms with Gasteiger partial charge in [-0.15, -0.1) is 0 Å². The molecule has 1 aromatic rings. The van der Waals surface area contributed by atoms with Crippen LogP contribution >= 0.6 is 0 Å². The van der Waals surface area contributed by atoms with E-state index in [1.807, 2.05) is 30.3 Å². The van der Waals surface area contributed by atoms with Gasteiger partial charge in [0.05, 0.1) is 38.3 Å². The van der Waals surface area contributed by atoms with Crippen LogP contribution in [0.3, 0.4) is 0 Å². The molecule has 3 heterocycles. The summed E-state index contributed by atoms with van der Waals surface area (Å²) in [6, 6.07) is 9.70. The third kappa shape index (κ3) is 6.61. The fourth-order valence-corrected chi connectivity index (χ4v) is 5.34. The summed E-state index contributed by atoms with van der Waals surface area (Å²) in [6.45, 7) is 4.73. The van der Waals surface area contributed by atoms with Crippen molar-refractivity contribution in [3.05, 3.63) is 35.9 Å². The van der Waals surface area contributed by atoms with Crippen LogP contribution in [0.5, 0.6) is 0 Å². The van der Waals surface area contributed by atoms with Crippen LogP contribution in [0.25, 0.3) is 0 Å². The summed E-state index contributed by atoms with van der Waals surface area (Å²) >= 11 is 0. The monoisotopic (exact) mass is 490 g/mol. The highest BCUT2D eigenvalue weighted by molar-refractivity contribution is 5.73. The van der Waals surface area contributed by atoms with Crippen molar-refractivity contribution in [3.63, 3.8) is 0 Å². The molecule has 194 valence electrons. The van der Waals surface area contributed by atoms with E-state index in [9.17, 15) is 14.7 Å². The fraction of sp³-hybridized carbons (Fsp3) is 0.704. The highest BCUT2D eigenvalue weighted by Crippen LogP contribution is 2.52. The summed E-state index contributed by atoms with van der Waals surface area (Å²) < 4.78 is 30.4. The topological polar surface area (TPSA) is 101 Å². The lowest BCUT2D eigenvalue weighted by molar-refractivity contribution is -0.373. The van der Waals surface area contributed by atoms with Crippen LogP contribution in [-0.2, 0) is 39.9 Å². The van der Waals surface area contributed by atoms with Crippen molar-refractivity contribution in [2.75, 3.05) is 13.2 Å². The second kappa shape index (κ2) is 11.4. The molecular weight excluding hydrogens is 452 g/mol. The number of cyclic esters (lactones) is 1. The number of carbonyl (C=O) groups excluding carboxylic acids is 2. The molecule has 4 rings (SSSR count). The number of esters is 2. The fourth-order valence-electron chi connectivity index (χ4n) is 5.34. The lowest BCUT2D eigenvalue weighted by Crippen LogP contribution is -2.61. The quantitative estimate of drug-likeness (QED) is 0.578. The SMILES string of the molecule is CC1(C)CC[C@@H]2CC(=O)O[C@@H](COCc3ccccc3)CC(=O)O[C@@H]3C[C@@H](CCCO)O[C@@]1(C3)O2. The van der Waals surface area contributed by atoms with E-state index in [1.165, 1.54) is 0 Å². The molecule has 3 fully saturated rings. The first-order chi connectivity index (χ1) is 16.8. The Labute approximate surface area is 207 Å². The van der Waals surface area contributed by atoms with Crippen LogP contribution in [0, 0.1) is 5.41 Å². The Morgan fingerprint density at radius 2 is 1.77 bits per heavy atom. The first-order valence-electron chi connectivity index (χ1n) is 12.8. The Kier molecular flexibility index (Phi) is 8.47. The minimum atomic E-state index is -0.961. The van der Waals surface area contributed by atoms with Crippen molar-refractivity contribution < 1.29 is 38.4 Å². The molecule has 5 atom stereocenters. The van der Waals surface area contributed by atoms with Crippen LogP contribution in [-0.4, -0.2) is 60.5 Å². The summed E-state index contributed by atoms with van der Waals surface area (Å²) in [4.78, 5) is 25.7. The van der Waals surface area contributed by atoms with Gasteiger partial charge in [0.2, 0.25) is 0 Å². The summed E-state index contributed by atoms with van der Waals surface area (Å²) in [5, 5.41) is 9.34. The zero-order valence-corrected chi connectivity index (χ0v) is 20.8. The number of hydrogen-bond donors (Lipinski definition) is 1. The first-order valence-corrected chi connectivity index (χ1v) is 12.8. The van der Waals surface area contributed by atoms with Crippen LogP contribution in [0.2, 0.25) is 0 Å². The maximum atomic E-state index is 12.9. The Balaban J connectivity index is 1.49. The number of hydrogen-bond acceptors (Lipinski definition) is 8. The van der Waals surface area contributed by atoms with Crippen molar-refractivity contribution in [2.45, 2.75) is 102 Å². The van der Waals surface area contributed by atoms with Gasteiger partial charge < -0.3 is 28.8 Å². The molecule has 0 radical (unpaired) electrons. The highest BCUT2D eigenvalue weighted by atomic mass is 16.7. The summed E-state index contributed by atoms with van der Waals surface area (Å²) in [5.41, 5.74) is 0.675. The molecule has 3 aliphatic heterocycles. The van der Waals surface area contributed by atoms with Gasteiger partial charge >= 0.3 is 11.9 Å². The average molecular weight is 491 g/mol. The van der Waals surface area contributed by atoms with Gasteiger partial charge in [-0.1, -0.05) is 44.2 Å². The van der Waals surface area contributed by atoms with Crippen molar-refractivity contribution in [1.82, 2.24) is 0 Å². The van der Waals surface area contributed by atoms with Crippen molar-refractivity contribution in [2.24, 2.45) is 5.41 Å². The van der Waals surface area contributed by atoms with E-state index in [0.717, 1.165) is 12.0 Å². The van der Waals surface area contributed by atoms with E-state index in [2.05, 4.69) is 13.8 Å². The minimum Gasteiger partial charge on any atom is -0.462 e. The number of aliphatic hydroxyl groups excluding tert-OH is 1. The van der Waals surface area contributed by atoms with E-state index in [1.54, 1.807) is 0 Å².